The van der Waals surface area contributed by atoms with E-state index in [2.05, 4.69) is 72.8 Å². The lowest BCUT2D eigenvalue weighted by Crippen LogP contribution is -1.98. The lowest BCUT2D eigenvalue weighted by molar-refractivity contribution is 1.00. The molecule has 1 aliphatic rings. The van der Waals surface area contributed by atoms with Crippen LogP contribution in [0.2, 0.25) is 0 Å². The first kappa shape index (κ1) is 12.0. The highest BCUT2D eigenvalue weighted by Crippen LogP contribution is 2.39. The molecule has 0 heterocycles. The van der Waals surface area contributed by atoms with Gasteiger partial charge in [-0.25, -0.2) is 0 Å². The molecule has 0 heteroatoms. The van der Waals surface area contributed by atoms with Gasteiger partial charge in [0, 0.05) is 0 Å². The summed E-state index contributed by atoms with van der Waals surface area (Å²) in [6.07, 6.45) is 6.91. The fourth-order valence-electron chi connectivity index (χ4n) is 3.95. The number of fused-ring (bicyclic) bond motifs is 8. The van der Waals surface area contributed by atoms with Crippen LogP contribution in [-0.2, 0) is 6.42 Å². The molecule has 0 aromatic heterocycles. The Bertz CT molecular complexity index is 1070. The minimum atomic E-state index is 1.14. The molecule has 0 saturated carbocycles. The van der Waals surface area contributed by atoms with Gasteiger partial charge >= 0.3 is 0 Å². The van der Waals surface area contributed by atoms with Gasteiger partial charge in [-0.15, -0.1) is 0 Å². The molecule has 4 aromatic rings. The van der Waals surface area contributed by atoms with E-state index in [4.69, 9.17) is 0 Å². The number of allylic oxidation sites excluding steroid dienone is 1. The minimum absolute atomic E-state index is 1.14. The summed E-state index contributed by atoms with van der Waals surface area (Å²) in [6, 6.07) is 22.2. The summed E-state index contributed by atoms with van der Waals surface area (Å²) in [7, 11) is 0. The molecular weight excluding hydrogens is 264 g/mol. The van der Waals surface area contributed by atoms with Gasteiger partial charge in [-0.05, 0) is 56.3 Å². The molecule has 0 radical (unpaired) electrons. The predicted molar refractivity (Wildman–Crippen MR) is 96.3 cm³/mol. The normalized spacial score (nSPS) is 13.8. The third-order valence-electron chi connectivity index (χ3n) is 4.91. The molecule has 0 spiro atoms. The molecule has 0 amide bonds. The highest BCUT2D eigenvalue weighted by molar-refractivity contribution is 6.23. The fourth-order valence-corrected chi connectivity index (χ4v) is 3.95. The molecule has 1 aliphatic carbocycles. The fraction of sp³-hybridized carbons (Fsp3) is 0.0909. The number of aryl methyl sites for hydroxylation is 1. The first-order chi connectivity index (χ1) is 10.9. The molecule has 0 fully saturated rings. The summed E-state index contributed by atoms with van der Waals surface area (Å²) >= 11 is 0. The molecule has 0 aliphatic heterocycles. The number of hydrogen-bond acceptors (Lipinski definition) is 0. The molecule has 22 heavy (non-hydrogen) atoms. The van der Waals surface area contributed by atoms with Gasteiger partial charge in [0.05, 0.1) is 0 Å². The van der Waals surface area contributed by atoms with Crippen LogP contribution in [0.5, 0.6) is 0 Å². The van der Waals surface area contributed by atoms with Crippen LogP contribution < -0.4 is 0 Å². The summed E-state index contributed by atoms with van der Waals surface area (Å²) in [5, 5.41) is 8.30. The van der Waals surface area contributed by atoms with Crippen molar-refractivity contribution in [3.63, 3.8) is 0 Å². The Kier molecular flexibility index (Phi) is 2.42. The second-order valence-corrected chi connectivity index (χ2v) is 6.09. The predicted octanol–water partition coefficient (Wildman–Crippen LogP) is 6.11. The number of hydrogen-bond donors (Lipinski definition) is 0. The molecule has 0 nitrogen and oxygen atoms in total. The van der Waals surface area contributed by atoms with Crippen LogP contribution in [0.1, 0.15) is 17.5 Å². The maximum atomic E-state index is 2.32. The van der Waals surface area contributed by atoms with Gasteiger partial charge in [-0.2, -0.15) is 0 Å². The Balaban J connectivity index is 2.15. The van der Waals surface area contributed by atoms with E-state index in [0.717, 1.165) is 12.8 Å². The van der Waals surface area contributed by atoms with Crippen molar-refractivity contribution in [1.82, 2.24) is 0 Å². The van der Waals surface area contributed by atoms with E-state index in [1.165, 1.54) is 43.4 Å². The lowest BCUT2D eigenvalue weighted by atomic mass is 9.85. The van der Waals surface area contributed by atoms with Crippen molar-refractivity contribution in [2.75, 3.05) is 0 Å². The van der Waals surface area contributed by atoms with Crippen molar-refractivity contribution in [1.29, 1.82) is 0 Å². The zero-order chi connectivity index (χ0) is 14.5. The van der Waals surface area contributed by atoms with Crippen molar-refractivity contribution < 1.29 is 0 Å². The quantitative estimate of drug-likeness (QED) is 0.341. The Morgan fingerprint density at radius 3 is 2.32 bits per heavy atom. The number of rotatable bonds is 0. The summed E-state index contributed by atoms with van der Waals surface area (Å²) in [5.41, 5.74) is 2.94. The highest BCUT2D eigenvalue weighted by Gasteiger charge is 2.15. The number of benzene rings is 4. The maximum absolute atomic E-state index is 2.32. The van der Waals surface area contributed by atoms with E-state index in [-0.39, 0.29) is 0 Å². The van der Waals surface area contributed by atoms with Crippen LogP contribution >= 0.6 is 0 Å². The maximum Gasteiger partial charge on any atom is -0.00236 e. The van der Waals surface area contributed by atoms with Crippen LogP contribution in [0.15, 0.2) is 66.7 Å². The van der Waals surface area contributed by atoms with Crippen LogP contribution in [0.3, 0.4) is 0 Å². The first-order valence-corrected chi connectivity index (χ1v) is 7.95. The molecule has 4 aromatic carbocycles. The Morgan fingerprint density at radius 2 is 1.41 bits per heavy atom. The SMILES string of the molecule is C1=Cc2c(c3ccc4ccccc4c3c3ccccc23)CC1. The van der Waals surface area contributed by atoms with Gasteiger partial charge < -0.3 is 0 Å². The average Bonchev–Trinajstić information content (AvgIpc) is 2.61. The molecule has 5 rings (SSSR count). The van der Waals surface area contributed by atoms with Crippen molar-refractivity contribution in [3.05, 3.63) is 77.9 Å². The molecular formula is C22H16. The Morgan fingerprint density at radius 1 is 0.636 bits per heavy atom. The van der Waals surface area contributed by atoms with E-state index >= 15 is 0 Å². The Labute approximate surface area is 129 Å². The van der Waals surface area contributed by atoms with Crippen LogP contribution in [-0.4, -0.2) is 0 Å². The molecule has 0 saturated heterocycles. The van der Waals surface area contributed by atoms with Crippen LogP contribution in [0, 0.1) is 0 Å². The van der Waals surface area contributed by atoms with Gasteiger partial charge in [-0.3, -0.25) is 0 Å². The van der Waals surface area contributed by atoms with E-state index in [1.54, 1.807) is 0 Å². The van der Waals surface area contributed by atoms with Crippen molar-refractivity contribution in [3.8, 4) is 0 Å². The molecule has 0 bridgehead atoms. The first-order valence-electron chi connectivity index (χ1n) is 7.95. The van der Waals surface area contributed by atoms with Crippen LogP contribution in [0.4, 0.5) is 0 Å². The van der Waals surface area contributed by atoms with E-state index in [9.17, 15) is 0 Å². The largest absolute Gasteiger partial charge is 0.0836 e. The van der Waals surface area contributed by atoms with Gasteiger partial charge in [0.2, 0.25) is 0 Å². The average molecular weight is 280 g/mol. The van der Waals surface area contributed by atoms with Crippen molar-refractivity contribution in [2.24, 2.45) is 0 Å². The monoisotopic (exact) mass is 280 g/mol. The molecule has 0 N–H and O–H groups in total. The zero-order valence-corrected chi connectivity index (χ0v) is 12.3. The van der Waals surface area contributed by atoms with Crippen molar-refractivity contribution >= 4 is 38.4 Å². The molecule has 0 unspecified atom stereocenters. The minimum Gasteiger partial charge on any atom is -0.0836 e. The van der Waals surface area contributed by atoms with Gasteiger partial charge in [-0.1, -0.05) is 72.8 Å². The topological polar surface area (TPSA) is 0 Å². The third kappa shape index (κ3) is 1.52. The third-order valence-corrected chi connectivity index (χ3v) is 4.91. The van der Waals surface area contributed by atoms with Gasteiger partial charge in [0.1, 0.15) is 0 Å². The smallest absolute Gasteiger partial charge is 0.00236 e. The van der Waals surface area contributed by atoms with Crippen LogP contribution in [0.25, 0.3) is 38.4 Å². The second-order valence-electron chi connectivity index (χ2n) is 6.09. The Hall–Kier alpha value is -2.60. The summed E-state index contributed by atoms with van der Waals surface area (Å²) < 4.78 is 0. The summed E-state index contributed by atoms with van der Waals surface area (Å²) in [5.74, 6) is 0. The lowest BCUT2D eigenvalue weighted by Gasteiger charge is -2.19. The van der Waals surface area contributed by atoms with Gasteiger partial charge in [0.15, 0.2) is 0 Å². The molecule has 0 atom stereocenters. The van der Waals surface area contributed by atoms with E-state index < -0.39 is 0 Å². The highest BCUT2D eigenvalue weighted by atomic mass is 14.2. The summed E-state index contributed by atoms with van der Waals surface area (Å²) in [6.45, 7) is 0. The zero-order valence-electron chi connectivity index (χ0n) is 12.3. The molecule has 104 valence electrons. The van der Waals surface area contributed by atoms with Crippen molar-refractivity contribution in [2.45, 2.75) is 12.8 Å². The van der Waals surface area contributed by atoms with E-state index in [0.29, 0.717) is 0 Å². The second kappa shape index (κ2) is 4.45. The summed E-state index contributed by atoms with van der Waals surface area (Å²) in [4.78, 5) is 0. The standard InChI is InChI=1S/C22H16/c1-2-8-16-15(7-1)13-14-21-19-11-4-3-9-17(19)18-10-5-6-12-20(18)22(16)21/h1-3,5-10,12-14H,4,11H2. The van der Waals surface area contributed by atoms with Gasteiger partial charge in [0.25, 0.3) is 0 Å². The van der Waals surface area contributed by atoms with E-state index in [1.807, 2.05) is 0 Å².